The fourth-order valence-corrected chi connectivity index (χ4v) is 4.67. The van der Waals surface area contributed by atoms with Crippen molar-refractivity contribution in [1.29, 1.82) is 0 Å². The van der Waals surface area contributed by atoms with Crippen LogP contribution < -0.4 is 19.8 Å². The van der Waals surface area contributed by atoms with Gasteiger partial charge in [-0.1, -0.05) is 42.1 Å². The molecule has 11 heteroatoms. The Morgan fingerprint density at radius 3 is 2.58 bits per heavy atom. The van der Waals surface area contributed by atoms with Gasteiger partial charge in [-0.15, -0.1) is 0 Å². The highest BCUT2D eigenvalue weighted by Gasteiger charge is 2.32. The second-order valence-corrected chi connectivity index (χ2v) is 9.27. The third-order valence-corrected chi connectivity index (χ3v) is 6.74. The van der Waals surface area contributed by atoms with E-state index in [1.165, 1.54) is 21.3 Å². The van der Waals surface area contributed by atoms with Gasteiger partial charge in [-0.05, 0) is 54.4 Å². The van der Waals surface area contributed by atoms with Crippen molar-refractivity contribution in [3.63, 3.8) is 0 Å². The first-order valence-corrected chi connectivity index (χ1v) is 13.3. The number of methoxy groups -OCH3 is 1. The van der Waals surface area contributed by atoms with Crippen LogP contribution in [0.4, 0.5) is 17.3 Å². The lowest BCUT2D eigenvalue weighted by atomic mass is 10.1. The highest BCUT2D eigenvalue weighted by Crippen LogP contribution is 2.29. The summed E-state index contributed by atoms with van der Waals surface area (Å²) in [6.07, 6.45) is 3.35. The highest BCUT2D eigenvalue weighted by molar-refractivity contribution is 8.14. The Morgan fingerprint density at radius 1 is 1.16 bits per heavy atom. The highest BCUT2D eigenvalue weighted by atomic mass is 32.2. The average molecular weight is 536 g/mol. The molecule has 1 aromatic heterocycles. The molecule has 0 unspecified atom stereocenters. The summed E-state index contributed by atoms with van der Waals surface area (Å²) < 4.78 is 11.7. The molecule has 10 nitrogen and oxygen atoms in total. The summed E-state index contributed by atoms with van der Waals surface area (Å²) in [7, 11) is 1.60. The fraction of sp³-hybridized carbons (Fsp3) is 0.296. The largest absolute Gasteiger partial charge is 0.378 e. The van der Waals surface area contributed by atoms with Gasteiger partial charge in [-0.2, -0.15) is 0 Å². The van der Waals surface area contributed by atoms with Crippen LogP contribution in [0.25, 0.3) is 6.08 Å². The monoisotopic (exact) mass is 535 g/mol. The van der Waals surface area contributed by atoms with Gasteiger partial charge < -0.3 is 9.64 Å². The van der Waals surface area contributed by atoms with Crippen LogP contribution in [0.2, 0.25) is 0 Å². The Kier molecular flexibility index (Phi) is 9.28. The van der Waals surface area contributed by atoms with Crippen molar-refractivity contribution in [2.24, 2.45) is 4.99 Å². The van der Waals surface area contributed by atoms with Crippen molar-refractivity contribution < 1.29 is 23.5 Å². The van der Waals surface area contributed by atoms with E-state index >= 15 is 0 Å². The fourth-order valence-electron chi connectivity index (χ4n) is 3.85. The molecule has 0 spiro atoms. The Bertz CT molecular complexity index is 1300. The van der Waals surface area contributed by atoms with Gasteiger partial charge in [0.1, 0.15) is 12.3 Å². The molecule has 2 heterocycles. The van der Waals surface area contributed by atoms with E-state index in [0.717, 1.165) is 24.3 Å². The predicted molar refractivity (Wildman–Crippen MR) is 149 cm³/mol. The van der Waals surface area contributed by atoms with Crippen LogP contribution in [0.5, 0.6) is 0 Å². The number of amidine groups is 1. The Labute approximate surface area is 225 Å². The number of rotatable bonds is 11. The maximum absolute atomic E-state index is 13.4. The minimum atomic E-state index is -0.308. The molecule has 1 aliphatic rings. The SMILES string of the molecule is CCN(CC)c1ccc(/C=C2/N=C(SCC(=O)Nc3c[n+](CCOC)no3)N(c3ccccc3)C2=O)cc1. The van der Waals surface area contributed by atoms with Gasteiger partial charge >= 0.3 is 5.88 Å². The quantitative estimate of drug-likeness (QED) is 0.296. The van der Waals surface area contributed by atoms with Crippen molar-refractivity contribution >= 4 is 52.1 Å². The topological polar surface area (TPSA) is 104 Å². The molecule has 0 atom stereocenters. The molecule has 0 saturated carbocycles. The van der Waals surface area contributed by atoms with E-state index in [1.807, 2.05) is 54.6 Å². The molecule has 0 radical (unpaired) electrons. The van der Waals surface area contributed by atoms with Crippen molar-refractivity contribution in [1.82, 2.24) is 5.27 Å². The number of carbonyl (C=O) groups excluding carboxylic acids is 2. The molecule has 1 aliphatic heterocycles. The molecule has 0 aliphatic carbocycles. The Morgan fingerprint density at radius 2 is 1.89 bits per heavy atom. The van der Waals surface area contributed by atoms with E-state index < -0.39 is 0 Å². The van der Waals surface area contributed by atoms with Gasteiger partial charge in [-0.25, -0.2) is 4.99 Å². The maximum Gasteiger partial charge on any atom is 0.302 e. The molecule has 198 valence electrons. The van der Waals surface area contributed by atoms with Gasteiger partial charge in [0.05, 0.1) is 11.4 Å². The predicted octanol–water partition coefficient (Wildman–Crippen LogP) is 3.57. The van der Waals surface area contributed by atoms with Gasteiger partial charge in [0.25, 0.3) is 12.1 Å². The number of aliphatic imine (C=N–C) groups is 1. The number of carbonyl (C=O) groups is 2. The number of hydrogen-bond donors (Lipinski definition) is 1. The third kappa shape index (κ3) is 6.67. The number of thioether (sulfide) groups is 1. The lowest BCUT2D eigenvalue weighted by Crippen LogP contribution is -2.36. The number of nitrogens with one attached hydrogen (secondary N) is 1. The number of hydrogen-bond acceptors (Lipinski definition) is 8. The van der Waals surface area contributed by atoms with Gasteiger partial charge in [0.2, 0.25) is 17.7 Å². The number of anilines is 3. The van der Waals surface area contributed by atoms with Crippen LogP contribution in [0.15, 0.2) is 76.0 Å². The summed E-state index contributed by atoms with van der Waals surface area (Å²) >= 11 is 1.17. The maximum atomic E-state index is 13.4. The molecule has 2 amide bonds. The van der Waals surface area contributed by atoms with E-state index in [-0.39, 0.29) is 23.5 Å². The van der Waals surface area contributed by atoms with Crippen molar-refractivity contribution in [3.8, 4) is 0 Å². The second kappa shape index (κ2) is 13.0. The number of para-hydroxylation sites is 1. The van der Waals surface area contributed by atoms with Crippen LogP contribution in [0, 0.1) is 0 Å². The molecular formula is C27H31N6O4S+. The summed E-state index contributed by atoms with van der Waals surface area (Å²) in [6, 6.07) is 17.3. The lowest BCUT2D eigenvalue weighted by Gasteiger charge is -2.20. The van der Waals surface area contributed by atoms with Crippen LogP contribution in [-0.2, 0) is 20.9 Å². The molecule has 3 aromatic rings. The normalized spacial score (nSPS) is 14.2. The van der Waals surface area contributed by atoms with Crippen LogP contribution in [0.3, 0.4) is 0 Å². The Balaban J connectivity index is 1.49. The van der Waals surface area contributed by atoms with E-state index in [4.69, 9.17) is 9.26 Å². The standard InChI is InChI=1S/C27H30N6O4S/c1-4-31(5-2)21-13-11-20(12-14-21)17-23-26(35)33(22-9-7-6-8-10-22)27(28-23)38-19-24(34)29-25-18-32(30-37-25)15-16-36-3/h6-14,17-18H,4-5,15-16,19H2,1-3H3/p+1/b23-17+. The van der Waals surface area contributed by atoms with Crippen LogP contribution >= 0.6 is 11.8 Å². The van der Waals surface area contributed by atoms with E-state index in [9.17, 15) is 9.59 Å². The third-order valence-electron chi connectivity index (χ3n) is 5.80. The zero-order chi connectivity index (χ0) is 26.9. The molecule has 2 aromatic carbocycles. The first-order valence-electron chi connectivity index (χ1n) is 12.3. The number of amides is 2. The first kappa shape index (κ1) is 27.1. The average Bonchev–Trinajstić information content (AvgIpc) is 3.51. The van der Waals surface area contributed by atoms with E-state index in [2.05, 4.69) is 34.3 Å². The molecule has 1 N–H and O–H groups in total. The Hall–Kier alpha value is -3.96. The van der Waals surface area contributed by atoms with E-state index in [0.29, 0.717) is 29.7 Å². The number of nitrogens with zero attached hydrogens (tertiary/aromatic N) is 5. The number of ether oxygens (including phenoxy) is 1. The number of aromatic nitrogens is 2. The summed E-state index contributed by atoms with van der Waals surface area (Å²) in [6.45, 7) is 7.05. The van der Waals surface area contributed by atoms with Crippen molar-refractivity contribution in [2.75, 3.05) is 47.7 Å². The number of benzene rings is 2. The zero-order valence-electron chi connectivity index (χ0n) is 21.7. The smallest absolute Gasteiger partial charge is 0.302 e. The molecule has 38 heavy (non-hydrogen) atoms. The van der Waals surface area contributed by atoms with E-state index in [1.54, 1.807) is 19.4 Å². The lowest BCUT2D eigenvalue weighted by molar-refractivity contribution is -0.763. The van der Waals surface area contributed by atoms with Gasteiger partial charge in [0.15, 0.2) is 5.17 Å². The molecule has 4 rings (SSSR count). The van der Waals surface area contributed by atoms with Crippen LogP contribution in [-0.4, -0.2) is 54.8 Å². The minimum absolute atomic E-state index is 0.0278. The molecule has 0 saturated heterocycles. The summed E-state index contributed by atoms with van der Waals surface area (Å²) in [4.78, 5) is 34.4. The minimum Gasteiger partial charge on any atom is -0.378 e. The zero-order valence-corrected chi connectivity index (χ0v) is 22.5. The summed E-state index contributed by atoms with van der Waals surface area (Å²) in [5, 5.41) is 6.94. The molecular weight excluding hydrogens is 504 g/mol. The van der Waals surface area contributed by atoms with Crippen LogP contribution in [0.1, 0.15) is 19.4 Å². The van der Waals surface area contributed by atoms with Gasteiger partial charge in [-0.3, -0.25) is 24.3 Å². The summed E-state index contributed by atoms with van der Waals surface area (Å²) in [5.74, 6) is -0.302. The summed E-state index contributed by atoms with van der Waals surface area (Å²) in [5.41, 5.74) is 2.99. The molecule has 0 fully saturated rings. The van der Waals surface area contributed by atoms with Crippen molar-refractivity contribution in [3.05, 3.63) is 72.1 Å². The molecule has 0 bridgehead atoms. The van der Waals surface area contributed by atoms with Crippen molar-refractivity contribution in [2.45, 2.75) is 20.4 Å². The first-order chi connectivity index (χ1) is 18.5. The van der Waals surface area contributed by atoms with Gasteiger partial charge in [0, 0.05) is 25.9 Å². The second-order valence-electron chi connectivity index (χ2n) is 8.32.